The fourth-order valence-electron chi connectivity index (χ4n) is 12.8. The summed E-state index contributed by atoms with van der Waals surface area (Å²) in [5.41, 5.74) is 0.212. The highest BCUT2D eigenvalue weighted by atomic mass is 32.2. The summed E-state index contributed by atoms with van der Waals surface area (Å²) in [6.45, 7) is 16.5. The molecule has 274 valence electrons. The molecule has 0 radical (unpaired) electrons. The zero-order valence-corrected chi connectivity index (χ0v) is 32.1. The molecule has 10 unspecified atom stereocenters. The minimum Gasteiger partial charge on any atom is -0.466 e. The van der Waals surface area contributed by atoms with Crippen molar-refractivity contribution in [2.45, 2.75) is 149 Å². The minimum atomic E-state index is -0.615. The van der Waals surface area contributed by atoms with E-state index in [1.54, 1.807) is 0 Å². The van der Waals surface area contributed by atoms with Gasteiger partial charge in [-0.25, -0.2) is 0 Å². The molecule has 1 aliphatic heterocycles. The molecule has 5 aliphatic carbocycles. The quantitative estimate of drug-likeness (QED) is 0.231. The standard InChI is InChI=1S/C40H68N2O5S/c1-7-28(42-20-22-48(45)23-21-42)26-41-40-17-9-10-34(40)31-12-14-33-30(29(31)15-19-40)11-13-32-27(3)35(16-18-39(32,33)6)47-37(44)25-38(4,5)24-36(43)46-8-2/h27-35,41H,7-26H2,1-6H3/t27?,28?,29?,30?,31?,32?,33?,34-,35?,39?,40?/m1/s1. The lowest BCUT2D eigenvalue weighted by atomic mass is 9.43. The van der Waals surface area contributed by atoms with Gasteiger partial charge in [-0.05, 0) is 130 Å². The maximum atomic E-state index is 13.2. The molecule has 6 rings (SSSR count). The number of hydrogen-bond acceptors (Lipinski definition) is 7. The Morgan fingerprint density at radius 3 is 2.27 bits per heavy atom. The number of esters is 2. The number of nitrogens with zero attached hydrogens (tertiary/aromatic N) is 1. The monoisotopic (exact) mass is 688 g/mol. The first-order valence-corrected chi connectivity index (χ1v) is 21.6. The average Bonchev–Trinajstić information content (AvgIpc) is 3.47. The lowest BCUT2D eigenvalue weighted by molar-refractivity contribution is -0.176. The van der Waals surface area contributed by atoms with Crippen LogP contribution in [0.3, 0.4) is 0 Å². The molecule has 1 saturated heterocycles. The second kappa shape index (κ2) is 14.9. The van der Waals surface area contributed by atoms with Gasteiger partial charge in [-0.2, -0.15) is 0 Å². The molecule has 0 spiro atoms. The Hall–Kier alpha value is -0.990. The van der Waals surface area contributed by atoms with Crippen molar-refractivity contribution in [3.05, 3.63) is 0 Å². The van der Waals surface area contributed by atoms with Crippen LogP contribution in [0.2, 0.25) is 0 Å². The molecule has 0 amide bonds. The van der Waals surface area contributed by atoms with E-state index < -0.39 is 16.2 Å². The molecular weight excluding hydrogens is 621 g/mol. The third-order valence-corrected chi connectivity index (χ3v) is 16.4. The van der Waals surface area contributed by atoms with E-state index in [-0.39, 0.29) is 30.9 Å². The van der Waals surface area contributed by atoms with Crippen molar-refractivity contribution in [2.24, 2.45) is 52.3 Å². The number of hydrogen-bond donors (Lipinski definition) is 1. The topological polar surface area (TPSA) is 84.9 Å². The maximum Gasteiger partial charge on any atom is 0.306 e. The number of fused-ring (bicyclic) bond motifs is 7. The van der Waals surface area contributed by atoms with E-state index >= 15 is 0 Å². The summed E-state index contributed by atoms with van der Waals surface area (Å²) in [7, 11) is -0.615. The summed E-state index contributed by atoms with van der Waals surface area (Å²) >= 11 is 0. The molecule has 0 aromatic heterocycles. The van der Waals surface area contributed by atoms with Gasteiger partial charge >= 0.3 is 11.9 Å². The van der Waals surface area contributed by atoms with E-state index in [9.17, 15) is 13.8 Å². The second-order valence-electron chi connectivity index (χ2n) is 18.1. The van der Waals surface area contributed by atoms with Crippen LogP contribution < -0.4 is 5.32 Å². The van der Waals surface area contributed by atoms with Gasteiger partial charge in [0.2, 0.25) is 0 Å². The first-order valence-electron chi connectivity index (χ1n) is 20.1. The minimum absolute atomic E-state index is 0.0132. The lowest BCUT2D eigenvalue weighted by Gasteiger charge is -2.63. The number of nitrogens with one attached hydrogen (secondary N) is 1. The molecule has 0 aromatic rings. The predicted molar refractivity (Wildman–Crippen MR) is 193 cm³/mol. The fraction of sp³-hybridized carbons (Fsp3) is 0.950. The van der Waals surface area contributed by atoms with Crippen LogP contribution in [0, 0.1) is 52.3 Å². The van der Waals surface area contributed by atoms with Crippen LogP contribution in [0.1, 0.15) is 131 Å². The van der Waals surface area contributed by atoms with E-state index in [4.69, 9.17) is 9.47 Å². The second-order valence-corrected chi connectivity index (χ2v) is 19.8. The van der Waals surface area contributed by atoms with Crippen molar-refractivity contribution in [3.8, 4) is 0 Å². The number of carbonyl (C=O) groups is 2. The largest absolute Gasteiger partial charge is 0.466 e. The van der Waals surface area contributed by atoms with E-state index in [0.29, 0.717) is 35.4 Å². The lowest BCUT2D eigenvalue weighted by Crippen LogP contribution is -2.62. The first kappa shape index (κ1) is 36.8. The Bertz CT molecular complexity index is 1170. The third-order valence-electron chi connectivity index (χ3n) is 15.1. The van der Waals surface area contributed by atoms with Gasteiger partial charge in [0.1, 0.15) is 6.10 Å². The highest BCUT2D eigenvalue weighted by molar-refractivity contribution is 7.85. The number of ether oxygens (including phenoxy) is 2. The van der Waals surface area contributed by atoms with Crippen molar-refractivity contribution >= 4 is 22.7 Å². The van der Waals surface area contributed by atoms with Crippen LogP contribution in [0.5, 0.6) is 0 Å². The van der Waals surface area contributed by atoms with Gasteiger partial charge in [-0.15, -0.1) is 0 Å². The molecule has 6 aliphatic rings. The zero-order chi connectivity index (χ0) is 34.3. The fourth-order valence-corrected chi connectivity index (χ4v) is 13.9. The van der Waals surface area contributed by atoms with Crippen molar-refractivity contribution in [3.63, 3.8) is 0 Å². The Labute approximate surface area is 294 Å². The van der Waals surface area contributed by atoms with Crippen LogP contribution in [0.15, 0.2) is 0 Å². The van der Waals surface area contributed by atoms with E-state index in [1.807, 2.05) is 20.8 Å². The Morgan fingerprint density at radius 1 is 0.875 bits per heavy atom. The van der Waals surface area contributed by atoms with Gasteiger partial charge < -0.3 is 14.8 Å². The van der Waals surface area contributed by atoms with Gasteiger partial charge in [0.15, 0.2) is 0 Å². The molecular formula is C40H68N2O5S. The van der Waals surface area contributed by atoms with Crippen molar-refractivity contribution in [1.82, 2.24) is 10.2 Å². The Kier molecular flexibility index (Phi) is 11.4. The van der Waals surface area contributed by atoms with Crippen LogP contribution in [0.4, 0.5) is 0 Å². The predicted octanol–water partition coefficient (Wildman–Crippen LogP) is 7.14. The Balaban J connectivity index is 1.06. The number of carbonyl (C=O) groups excluding carboxylic acids is 2. The zero-order valence-electron chi connectivity index (χ0n) is 31.2. The van der Waals surface area contributed by atoms with Gasteiger partial charge in [-0.1, -0.05) is 41.0 Å². The summed E-state index contributed by atoms with van der Waals surface area (Å²) in [6, 6.07) is 0.564. The average molecular weight is 689 g/mol. The SMILES string of the molecule is CCOC(=O)CC(C)(C)CC(=O)OC1CCC2(C)C(CCC3C4CCC5(NCC(CC)N6CCS(=O)CC6)CCC[C@@H]5C4CCC32)C1C. The first-order chi connectivity index (χ1) is 22.9. The molecule has 8 heteroatoms. The smallest absolute Gasteiger partial charge is 0.306 e. The highest BCUT2D eigenvalue weighted by Gasteiger charge is 2.61. The molecule has 0 aromatic carbocycles. The molecule has 7 nitrogen and oxygen atoms in total. The van der Waals surface area contributed by atoms with Crippen LogP contribution in [0.25, 0.3) is 0 Å². The van der Waals surface area contributed by atoms with Crippen molar-refractivity contribution < 1.29 is 23.3 Å². The summed E-state index contributed by atoms with van der Waals surface area (Å²) in [6.07, 6.45) is 16.1. The van der Waals surface area contributed by atoms with Crippen LogP contribution in [-0.2, 0) is 29.9 Å². The molecule has 5 saturated carbocycles. The molecule has 0 bridgehead atoms. The van der Waals surface area contributed by atoms with Gasteiger partial charge in [0, 0.05) is 53.5 Å². The van der Waals surface area contributed by atoms with Gasteiger partial charge in [0.05, 0.1) is 19.4 Å². The maximum absolute atomic E-state index is 13.2. The van der Waals surface area contributed by atoms with E-state index in [0.717, 1.165) is 67.2 Å². The highest BCUT2D eigenvalue weighted by Crippen LogP contribution is 2.66. The van der Waals surface area contributed by atoms with Crippen molar-refractivity contribution in [1.29, 1.82) is 0 Å². The van der Waals surface area contributed by atoms with Crippen LogP contribution >= 0.6 is 0 Å². The molecule has 6 fully saturated rings. The molecule has 1 N–H and O–H groups in total. The summed E-state index contributed by atoms with van der Waals surface area (Å²) in [5.74, 6) is 6.53. The normalized spacial score (nSPS) is 41.0. The summed E-state index contributed by atoms with van der Waals surface area (Å²) in [5, 5.41) is 4.29. The molecule has 48 heavy (non-hydrogen) atoms. The summed E-state index contributed by atoms with van der Waals surface area (Å²) in [4.78, 5) is 27.9. The van der Waals surface area contributed by atoms with E-state index in [2.05, 4.69) is 31.0 Å². The third kappa shape index (κ3) is 7.34. The van der Waals surface area contributed by atoms with Gasteiger partial charge in [-0.3, -0.25) is 18.7 Å². The molecule has 1 heterocycles. The number of rotatable bonds is 11. The van der Waals surface area contributed by atoms with Gasteiger partial charge in [0.25, 0.3) is 0 Å². The van der Waals surface area contributed by atoms with E-state index in [1.165, 1.54) is 70.6 Å². The van der Waals surface area contributed by atoms with Crippen molar-refractivity contribution in [2.75, 3.05) is 37.7 Å². The van der Waals surface area contributed by atoms with Crippen LogP contribution in [-0.4, -0.2) is 76.5 Å². The molecule has 11 atom stereocenters. The summed E-state index contributed by atoms with van der Waals surface area (Å²) < 4.78 is 23.4. The Morgan fingerprint density at radius 2 is 1.56 bits per heavy atom.